The molecule has 184 valence electrons. The highest BCUT2D eigenvalue weighted by Gasteiger charge is 2.62. The van der Waals surface area contributed by atoms with Gasteiger partial charge in [-0.3, -0.25) is 9.32 Å². The minimum absolute atomic E-state index is 0.0209. The van der Waals surface area contributed by atoms with Crippen LogP contribution < -0.4 is 5.73 Å². The molecular formula is C13H20N5O12P3. The Morgan fingerprint density at radius 3 is 2.36 bits per heavy atom. The number of ketones is 1. The fraction of sp³-hybridized carbons (Fsp3) is 0.538. The lowest BCUT2D eigenvalue weighted by atomic mass is 9.55. The Morgan fingerprint density at radius 1 is 1.12 bits per heavy atom. The number of fused-ring (bicyclic) bond motifs is 1. The second kappa shape index (κ2) is 8.87. The van der Waals surface area contributed by atoms with Crippen LogP contribution in [0.25, 0.3) is 11.2 Å². The third kappa shape index (κ3) is 5.09. The number of aromatic nitrogens is 4. The standard InChI is InChI=1S/C13H20N5O12P3/c1-2-13(4-28-32(24,25)30-33(26,27)29-31(21,22)23)7(3-19)9(10(13)20)18-6-17-8-11(14)15-5-16-12(8)18/h5-7,9,19H,2-4H2,1H3,(H,24,25)(H,26,27)(H2,14,15,16)(H2,21,22,23)/t7-,9-,13+/m0/s1. The van der Waals surface area contributed by atoms with Crippen LogP contribution in [-0.2, 0) is 31.6 Å². The van der Waals surface area contributed by atoms with Gasteiger partial charge >= 0.3 is 23.5 Å². The zero-order valence-electron chi connectivity index (χ0n) is 16.7. The fourth-order valence-corrected chi connectivity index (χ4v) is 6.84. The molecule has 5 atom stereocenters. The number of anilines is 1. The van der Waals surface area contributed by atoms with E-state index in [1.165, 1.54) is 10.9 Å². The summed E-state index contributed by atoms with van der Waals surface area (Å²) >= 11 is 0. The van der Waals surface area contributed by atoms with Crippen LogP contribution in [0.4, 0.5) is 5.82 Å². The molecule has 1 aliphatic rings. The molecule has 2 aromatic rings. The molecule has 1 fully saturated rings. The lowest BCUT2D eigenvalue weighted by Crippen LogP contribution is -2.61. The molecule has 20 heteroatoms. The number of phosphoric acid groups is 3. The van der Waals surface area contributed by atoms with Gasteiger partial charge < -0.3 is 35.0 Å². The fourth-order valence-electron chi connectivity index (χ4n) is 3.75. The zero-order chi connectivity index (χ0) is 24.8. The molecule has 3 rings (SSSR count). The van der Waals surface area contributed by atoms with E-state index in [-0.39, 0.29) is 23.4 Å². The first-order valence-electron chi connectivity index (χ1n) is 9.03. The van der Waals surface area contributed by atoms with E-state index in [0.29, 0.717) is 0 Å². The van der Waals surface area contributed by atoms with Gasteiger partial charge in [-0.05, 0) is 6.42 Å². The van der Waals surface area contributed by atoms with E-state index in [2.05, 4.69) is 28.1 Å². The minimum Gasteiger partial charge on any atom is -0.396 e. The summed E-state index contributed by atoms with van der Waals surface area (Å²) in [5.74, 6) is -1.32. The van der Waals surface area contributed by atoms with Crippen LogP contribution >= 0.6 is 23.5 Å². The molecular weight excluding hydrogens is 511 g/mol. The number of nitrogen functional groups attached to an aromatic ring is 1. The highest BCUT2D eigenvalue weighted by molar-refractivity contribution is 7.66. The van der Waals surface area contributed by atoms with Crippen LogP contribution in [0.5, 0.6) is 0 Å². The second-order valence-electron chi connectivity index (χ2n) is 7.06. The van der Waals surface area contributed by atoms with E-state index < -0.39 is 59.8 Å². The smallest absolute Gasteiger partial charge is 0.396 e. The minimum atomic E-state index is -5.71. The van der Waals surface area contributed by atoms with Gasteiger partial charge in [-0.15, -0.1) is 0 Å². The van der Waals surface area contributed by atoms with Crippen LogP contribution in [-0.4, -0.2) is 63.2 Å². The van der Waals surface area contributed by atoms with Gasteiger partial charge in [-0.1, -0.05) is 6.92 Å². The maximum Gasteiger partial charge on any atom is 0.490 e. The molecule has 33 heavy (non-hydrogen) atoms. The summed E-state index contributed by atoms with van der Waals surface area (Å²) in [5.41, 5.74) is 4.67. The number of phosphoric ester groups is 1. The maximum absolute atomic E-state index is 13.1. The van der Waals surface area contributed by atoms with Gasteiger partial charge in [0, 0.05) is 12.5 Å². The average Bonchev–Trinajstić information content (AvgIpc) is 3.08. The topological polar surface area (TPSA) is 267 Å². The number of nitrogens with two attached hydrogens (primary N) is 1. The largest absolute Gasteiger partial charge is 0.490 e. The molecule has 2 unspecified atom stereocenters. The highest BCUT2D eigenvalue weighted by atomic mass is 31.3. The summed E-state index contributed by atoms with van der Waals surface area (Å²) in [6.45, 7) is 0.144. The van der Waals surface area contributed by atoms with E-state index in [1.807, 2.05) is 0 Å². The molecule has 0 saturated heterocycles. The van der Waals surface area contributed by atoms with Crippen molar-refractivity contribution >= 4 is 46.2 Å². The first-order chi connectivity index (χ1) is 15.2. The molecule has 0 spiro atoms. The number of Topliss-reactive ketones (excluding diaryl/α,β-unsaturated/α-hetero) is 1. The molecule has 1 saturated carbocycles. The van der Waals surface area contributed by atoms with Crippen molar-refractivity contribution < 1.29 is 56.3 Å². The first kappa shape index (κ1) is 26.0. The normalized spacial score (nSPS) is 27.2. The van der Waals surface area contributed by atoms with Crippen molar-refractivity contribution in [1.29, 1.82) is 0 Å². The number of nitrogens with zero attached hydrogens (tertiary/aromatic N) is 4. The molecule has 0 radical (unpaired) electrons. The van der Waals surface area contributed by atoms with E-state index in [9.17, 15) is 33.4 Å². The third-order valence-electron chi connectivity index (χ3n) is 5.27. The molecule has 17 nitrogen and oxygen atoms in total. The summed E-state index contributed by atoms with van der Waals surface area (Å²) in [6, 6.07) is -0.987. The summed E-state index contributed by atoms with van der Waals surface area (Å²) in [5, 5.41) is 9.96. The Kier molecular flexibility index (Phi) is 6.99. The molecule has 2 heterocycles. The van der Waals surface area contributed by atoms with Crippen molar-refractivity contribution in [2.75, 3.05) is 18.9 Å². The Hall–Kier alpha value is -1.61. The Morgan fingerprint density at radius 2 is 1.79 bits per heavy atom. The highest BCUT2D eigenvalue weighted by Crippen LogP contribution is 2.67. The van der Waals surface area contributed by atoms with Crippen LogP contribution in [0.1, 0.15) is 19.4 Å². The lowest BCUT2D eigenvalue weighted by molar-refractivity contribution is -0.164. The van der Waals surface area contributed by atoms with E-state index >= 15 is 0 Å². The molecule has 0 aliphatic heterocycles. The number of aliphatic hydroxyl groups is 1. The van der Waals surface area contributed by atoms with Crippen molar-refractivity contribution in [3.05, 3.63) is 12.7 Å². The van der Waals surface area contributed by atoms with Gasteiger partial charge in [0.2, 0.25) is 0 Å². The molecule has 2 aromatic heterocycles. The lowest BCUT2D eigenvalue weighted by Gasteiger charge is -2.52. The summed E-state index contributed by atoms with van der Waals surface area (Å²) in [6.07, 6.45) is 2.46. The predicted molar refractivity (Wildman–Crippen MR) is 107 cm³/mol. The van der Waals surface area contributed by atoms with Gasteiger partial charge in [-0.25, -0.2) is 28.6 Å². The Bertz CT molecular complexity index is 1210. The van der Waals surface area contributed by atoms with Gasteiger partial charge in [0.15, 0.2) is 17.2 Å². The van der Waals surface area contributed by atoms with Crippen LogP contribution in [0, 0.1) is 11.3 Å². The van der Waals surface area contributed by atoms with Gasteiger partial charge in [0.1, 0.15) is 17.9 Å². The number of hydrogen-bond acceptors (Lipinski definition) is 12. The summed E-state index contributed by atoms with van der Waals surface area (Å²) < 4.78 is 47.6. The first-order valence-corrected chi connectivity index (χ1v) is 13.5. The third-order valence-corrected chi connectivity index (χ3v) is 9.05. The average molecular weight is 531 g/mol. The number of rotatable bonds is 10. The van der Waals surface area contributed by atoms with Crippen molar-refractivity contribution in [2.45, 2.75) is 19.4 Å². The van der Waals surface area contributed by atoms with Gasteiger partial charge in [-0.2, -0.15) is 8.62 Å². The molecule has 0 bridgehead atoms. The maximum atomic E-state index is 13.1. The van der Waals surface area contributed by atoms with E-state index in [0.717, 1.165) is 6.33 Å². The summed E-state index contributed by atoms with van der Waals surface area (Å²) in [7, 11) is -16.7. The number of imidazole rings is 1. The number of carbonyl (C=O) groups excluding carboxylic acids is 1. The molecule has 0 amide bonds. The molecule has 0 aromatic carbocycles. The predicted octanol–water partition coefficient (Wildman–Crippen LogP) is -0.120. The zero-order valence-corrected chi connectivity index (χ0v) is 19.4. The van der Waals surface area contributed by atoms with Crippen molar-refractivity contribution in [1.82, 2.24) is 19.5 Å². The van der Waals surface area contributed by atoms with Gasteiger partial charge in [0.25, 0.3) is 0 Å². The van der Waals surface area contributed by atoms with Gasteiger partial charge in [0.05, 0.1) is 18.3 Å². The second-order valence-corrected chi connectivity index (χ2v) is 11.5. The van der Waals surface area contributed by atoms with Crippen LogP contribution in [0.3, 0.4) is 0 Å². The Balaban J connectivity index is 1.81. The SMILES string of the molecule is CC[C@]1(COP(=O)(O)OP(=O)(O)OP(=O)(O)O)C(=O)[C@@H](n2cnc3c(N)ncnc32)[C@@H]1CO. The van der Waals surface area contributed by atoms with Crippen LogP contribution in [0.2, 0.25) is 0 Å². The molecule has 1 aliphatic carbocycles. The number of aliphatic hydroxyl groups excluding tert-OH is 1. The van der Waals surface area contributed by atoms with E-state index in [4.69, 9.17) is 15.5 Å². The van der Waals surface area contributed by atoms with Crippen molar-refractivity contribution in [2.24, 2.45) is 11.3 Å². The van der Waals surface area contributed by atoms with Crippen molar-refractivity contribution in [3.8, 4) is 0 Å². The van der Waals surface area contributed by atoms with Crippen molar-refractivity contribution in [3.63, 3.8) is 0 Å². The number of hydrogen-bond donors (Lipinski definition) is 6. The Labute approximate surface area is 185 Å². The van der Waals surface area contributed by atoms with E-state index in [1.54, 1.807) is 6.92 Å². The number of carbonyl (C=O) groups is 1. The van der Waals surface area contributed by atoms with Crippen LogP contribution in [0.15, 0.2) is 12.7 Å². The molecule has 7 N–H and O–H groups in total. The summed E-state index contributed by atoms with van der Waals surface area (Å²) in [4.78, 5) is 61.2. The quantitative estimate of drug-likeness (QED) is 0.218. The monoisotopic (exact) mass is 531 g/mol.